The highest BCUT2D eigenvalue weighted by Gasteiger charge is 2.30. The lowest BCUT2D eigenvalue weighted by atomic mass is 10.0. The van der Waals surface area contributed by atoms with Crippen LogP contribution >= 0.6 is 11.3 Å². The van der Waals surface area contributed by atoms with E-state index in [1.165, 1.54) is 0 Å². The van der Waals surface area contributed by atoms with E-state index in [0.717, 1.165) is 32.1 Å². The van der Waals surface area contributed by atoms with Gasteiger partial charge in [0.15, 0.2) is 0 Å². The predicted molar refractivity (Wildman–Crippen MR) is 153 cm³/mol. The summed E-state index contributed by atoms with van der Waals surface area (Å²) >= 11 is 1.59. The molecule has 0 saturated carbocycles. The maximum absolute atomic E-state index is 13.7. The molecule has 2 heterocycles. The van der Waals surface area contributed by atoms with Crippen molar-refractivity contribution in [2.24, 2.45) is 11.7 Å². The Bertz CT molecular complexity index is 1450. The van der Waals surface area contributed by atoms with Crippen molar-refractivity contribution in [1.82, 2.24) is 20.9 Å². The highest BCUT2D eigenvalue weighted by molar-refractivity contribution is 7.17. The number of carbonyl (C=O) groups is 3. The molecule has 0 aliphatic heterocycles. The second kappa shape index (κ2) is 11.4. The molecule has 4 rings (SSSR count). The van der Waals surface area contributed by atoms with Crippen LogP contribution in [-0.2, 0) is 27.2 Å². The van der Waals surface area contributed by atoms with Gasteiger partial charge in [-0.15, -0.1) is 11.3 Å². The van der Waals surface area contributed by atoms with Crippen molar-refractivity contribution in [2.45, 2.75) is 58.3 Å². The highest BCUT2D eigenvalue weighted by Crippen LogP contribution is 2.27. The van der Waals surface area contributed by atoms with Crippen LogP contribution < -0.4 is 21.7 Å². The number of para-hydroxylation sites is 1. The largest absolute Gasteiger partial charge is 0.361 e. The van der Waals surface area contributed by atoms with E-state index in [1.807, 2.05) is 60.1 Å². The summed E-state index contributed by atoms with van der Waals surface area (Å²) in [6.07, 6.45) is 1.87. The van der Waals surface area contributed by atoms with Crippen LogP contribution in [-0.4, -0.2) is 40.5 Å². The van der Waals surface area contributed by atoms with E-state index < -0.39 is 29.6 Å². The summed E-state index contributed by atoms with van der Waals surface area (Å²) in [6.45, 7) is 6.79. The molecule has 38 heavy (non-hydrogen) atoms. The monoisotopic (exact) mass is 533 g/mol. The van der Waals surface area contributed by atoms with E-state index in [-0.39, 0.29) is 18.2 Å². The van der Waals surface area contributed by atoms with E-state index in [1.54, 1.807) is 39.0 Å². The Morgan fingerprint density at radius 1 is 0.895 bits per heavy atom. The molecule has 0 bridgehead atoms. The van der Waals surface area contributed by atoms with Gasteiger partial charge in [-0.3, -0.25) is 14.4 Å². The van der Waals surface area contributed by atoms with Gasteiger partial charge in [-0.05, 0) is 47.9 Å². The molecule has 3 amide bonds. The van der Waals surface area contributed by atoms with Gasteiger partial charge in [-0.25, -0.2) is 0 Å². The number of nitrogens with two attached hydrogens (primary N) is 1. The van der Waals surface area contributed by atoms with Gasteiger partial charge in [0.25, 0.3) is 0 Å². The van der Waals surface area contributed by atoms with Gasteiger partial charge >= 0.3 is 0 Å². The summed E-state index contributed by atoms with van der Waals surface area (Å²) in [4.78, 5) is 42.4. The van der Waals surface area contributed by atoms with Crippen molar-refractivity contribution in [1.29, 1.82) is 0 Å². The molecule has 0 spiro atoms. The third-order valence-corrected chi connectivity index (χ3v) is 7.46. The van der Waals surface area contributed by atoms with Gasteiger partial charge in [0, 0.05) is 40.6 Å². The molecule has 2 aromatic carbocycles. The quantitative estimate of drug-likeness (QED) is 0.200. The number of carbonyl (C=O) groups excluding carboxylic acids is 3. The van der Waals surface area contributed by atoms with Crippen LogP contribution in [0.1, 0.15) is 38.8 Å². The number of amides is 3. The Kier molecular flexibility index (Phi) is 8.18. The molecular formula is C29H35N5O3S. The number of thiophene rings is 1. The molecule has 4 aromatic rings. The summed E-state index contributed by atoms with van der Waals surface area (Å²) in [6, 6.07) is 14.9. The van der Waals surface area contributed by atoms with Gasteiger partial charge < -0.3 is 26.7 Å². The number of rotatable bonds is 10. The van der Waals surface area contributed by atoms with Crippen LogP contribution in [0.5, 0.6) is 0 Å². The second-order valence-electron chi connectivity index (χ2n) is 10.5. The van der Waals surface area contributed by atoms with Crippen LogP contribution in [0.4, 0.5) is 0 Å². The van der Waals surface area contributed by atoms with Crippen LogP contribution in [0.15, 0.2) is 60.1 Å². The SMILES string of the molecule is CC(C)C(=O)N[C@@H](Cc1c[nH]c2ccccc12)NC(=O)[C@@H](Cc1csc2ccccc12)NC(=O)C(C)(C)N. The van der Waals surface area contributed by atoms with Crippen molar-refractivity contribution >= 4 is 50.0 Å². The second-order valence-corrected chi connectivity index (χ2v) is 11.4. The van der Waals surface area contributed by atoms with Gasteiger partial charge in [0.05, 0.1) is 5.54 Å². The fourth-order valence-corrected chi connectivity index (χ4v) is 5.21. The van der Waals surface area contributed by atoms with Crippen LogP contribution in [0.25, 0.3) is 21.0 Å². The number of aromatic nitrogens is 1. The van der Waals surface area contributed by atoms with Crippen molar-refractivity contribution in [3.63, 3.8) is 0 Å². The minimum Gasteiger partial charge on any atom is -0.361 e. The maximum atomic E-state index is 13.7. The lowest BCUT2D eigenvalue weighted by Gasteiger charge is -2.27. The average Bonchev–Trinajstić information content (AvgIpc) is 3.47. The first-order valence-electron chi connectivity index (χ1n) is 12.7. The number of benzene rings is 2. The first-order valence-corrected chi connectivity index (χ1v) is 13.6. The highest BCUT2D eigenvalue weighted by atomic mass is 32.1. The molecule has 6 N–H and O–H groups in total. The molecule has 2 aromatic heterocycles. The molecule has 8 nitrogen and oxygen atoms in total. The van der Waals surface area contributed by atoms with Crippen molar-refractivity contribution in [3.05, 3.63) is 71.2 Å². The molecule has 2 atom stereocenters. The Hall–Kier alpha value is -3.69. The van der Waals surface area contributed by atoms with Crippen LogP contribution in [0, 0.1) is 5.92 Å². The fraction of sp³-hybridized carbons (Fsp3) is 0.345. The van der Waals surface area contributed by atoms with E-state index in [4.69, 9.17) is 5.73 Å². The average molecular weight is 534 g/mol. The molecule has 0 unspecified atom stereocenters. The van der Waals surface area contributed by atoms with E-state index in [0.29, 0.717) is 6.42 Å². The zero-order valence-corrected chi connectivity index (χ0v) is 22.9. The van der Waals surface area contributed by atoms with Gasteiger partial charge in [0.2, 0.25) is 17.7 Å². The number of fused-ring (bicyclic) bond motifs is 2. The van der Waals surface area contributed by atoms with E-state index in [2.05, 4.69) is 20.9 Å². The number of nitrogens with one attached hydrogen (secondary N) is 4. The first-order chi connectivity index (χ1) is 18.0. The molecule has 0 radical (unpaired) electrons. The van der Waals surface area contributed by atoms with E-state index >= 15 is 0 Å². The number of H-pyrrole nitrogens is 1. The molecule has 200 valence electrons. The van der Waals surface area contributed by atoms with Gasteiger partial charge in [-0.1, -0.05) is 50.2 Å². The Balaban J connectivity index is 1.60. The predicted octanol–water partition coefficient (Wildman–Crippen LogP) is 3.60. The van der Waals surface area contributed by atoms with Crippen molar-refractivity contribution in [2.75, 3.05) is 0 Å². The lowest BCUT2D eigenvalue weighted by Crippen LogP contribution is -2.59. The standard InChI is InChI=1S/C29H35N5O3S/c1-17(2)26(35)33-25(14-18-15-31-22-11-7-5-9-20(18)22)34-27(36)23(32-28(37)29(3,4)30)13-19-16-38-24-12-8-6-10-21(19)24/h5-12,15-17,23,25,31H,13-14,30H2,1-4H3,(H,32,37)(H,33,35)(H,34,36)/t23-,25-/m1/s1. The first kappa shape index (κ1) is 27.3. The summed E-state index contributed by atoms with van der Waals surface area (Å²) in [7, 11) is 0. The number of aromatic amines is 1. The summed E-state index contributed by atoms with van der Waals surface area (Å²) in [5.41, 5.74) is 7.76. The van der Waals surface area contributed by atoms with Crippen molar-refractivity contribution < 1.29 is 14.4 Å². The zero-order chi connectivity index (χ0) is 27.4. The minimum absolute atomic E-state index is 0.178. The Morgan fingerprint density at radius 3 is 2.26 bits per heavy atom. The number of hydrogen-bond donors (Lipinski definition) is 5. The molecule has 0 aliphatic rings. The van der Waals surface area contributed by atoms with Crippen molar-refractivity contribution in [3.8, 4) is 0 Å². The smallest absolute Gasteiger partial charge is 0.244 e. The fourth-order valence-electron chi connectivity index (χ4n) is 4.23. The molecule has 9 heteroatoms. The molecule has 0 fully saturated rings. The molecule has 0 saturated heterocycles. The topological polar surface area (TPSA) is 129 Å². The van der Waals surface area contributed by atoms with Crippen LogP contribution in [0.2, 0.25) is 0 Å². The van der Waals surface area contributed by atoms with E-state index in [9.17, 15) is 14.4 Å². The van der Waals surface area contributed by atoms with Gasteiger partial charge in [0.1, 0.15) is 12.2 Å². The lowest BCUT2D eigenvalue weighted by molar-refractivity contribution is -0.132. The number of hydrogen-bond acceptors (Lipinski definition) is 5. The summed E-state index contributed by atoms with van der Waals surface area (Å²) in [5, 5.41) is 12.9. The van der Waals surface area contributed by atoms with Gasteiger partial charge in [-0.2, -0.15) is 0 Å². The Morgan fingerprint density at radius 2 is 1.55 bits per heavy atom. The zero-order valence-electron chi connectivity index (χ0n) is 22.1. The third kappa shape index (κ3) is 6.41. The minimum atomic E-state index is -1.16. The summed E-state index contributed by atoms with van der Waals surface area (Å²) < 4.78 is 1.11. The maximum Gasteiger partial charge on any atom is 0.244 e. The molecular weight excluding hydrogens is 498 g/mol. The third-order valence-electron chi connectivity index (χ3n) is 6.45. The summed E-state index contributed by atoms with van der Waals surface area (Å²) in [5.74, 6) is -1.27. The van der Waals surface area contributed by atoms with Crippen LogP contribution in [0.3, 0.4) is 0 Å². The Labute approximate surface area is 226 Å². The normalized spacial score (nSPS) is 13.4. The molecule has 0 aliphatic carbocycles.